The van der Waals surface area contributed by atoms with Gasteiger partial charge in [0.2, 0.25) is 0 Å². The van der Waals surface area contributed by atoms with E-state index in [1.165, 1.54) is 6.20 Å². The quantitative estimate of drug-likeness (QED) is 0.806. The molecule has 0 fully saturated rings. The Morgan fingerprint density at radius 2 is 2.05 bits per heavy atom. The number of aliphatic carboxylic acids is 1. The average molecular weight is 394 g/mol. The Bertz CT molecular complexity index is 492. The van der Waals surface area contributed by atoms with Crippen molar-refractivity contribution in [1.29, 1.82) is 0 Å². The lowest BCUT2D eigenvalue weighted by Crippen LogP contribution is -2.42. The summed E-state index contributed by atoms with van der Waals surface area (Å²) in [6.07, 6.45) is 1.85. The largest absolute Gasteiger partial charge is 0.480 e. The fraction of sp³-hybridized carbons (Fsp3) is 0.417. The molecule has 0 unspecified atom stereocenters. The Kier molecular flexibility index (Phi) is 5.93. The lowest BCUT2D eigenvalue weighted by atomic mass is 10.0. The summed E-state index contributed by atoms with van der Waals surface area (Å²) in [5.74, 6) is -1.38. The molecular formula is C12H14Br2N2O3. The molecule has 1 heterocycles. The average Bonchev–Trinajstić information content (AvgIpc) is 2.26. The maximum Gasteiger partial charge on any atom is 0.326 e. The summed E-state index contributed by atoms with van der Waals surface area (Å²) in [4.78, 5) is 27.0. The fourth-order valence-corrected chi connectivity index (χ4v) is 2.67. The van der Waals surface area contributed by atoms with Crippen LogP contribution in [-0.4, -0.2) is 28.0 Å². The third-order valence-electron chi connectivity index (χ3n) is 2.33. The van der Waals surface area contributed by atoms with E-state index in [4.69, 9.17) is 5.11 Å². The zero-order chi connectivity index (χ0) is 14.6. The van der Waals surface area contributed by atoms with Crippen molar-refractivity contribution >= 4 is 43.7 Å². The zero-order valence-electron chi connectivity index (χ0n) is 10.5. The van der Waals surface area contributed by atoms with Crippen molar-refractivity contribution in [2.75, 3.05) is 0 Å². The van der Waals surface area contributed by atoms with Crippen molar-refractivity contribution in [1.82, 2.24) is 10.3 Å². The van der Waals surface area contributed by atoms with Crippen LogP contribution < -0.4 is 5.32 Å². The van der Waals surface area contributed by atoms with Gasteiger partial charge in [-0.1, -0.05) is 13.8 Å². The minimum Gasteiger partial charge on any atom is -0.480 e. The van der Waals surface area contributed by atoms with Gasteiger partial charge in [-0.25, -0.2) is 9.78 Å². The molecule has 0 aliphatic heterocycles. The van der Waals surface area contributed by atoms with Crippen LogP contribution in [0.25, 0.3) is 0 Å². The van der Waals surface area contributed by atoms with Crippen LogP contribution in [0, 0.1) is 5.92 Å². The maximum atomic E-state index is 12.0. The van der Waals surface area contributed by atoms with E-state index in [2.05, 4.69) is 42.2 Å². The number of nitrogens with zero attached hydrogens (tertiary/aromatic N) is 1. The molecule has 0 aliphatic rings. The lowest BCUT2D eigenvalue weighted by molar-refractivity contribution is -0.139. The van der Waals surface area contributed by atoms with E-state index < -0.39 is 17.9 Å². The number of hydrogen-bond donors (Lipinski definition) is 2. The first kappa shape index (κ1) is 16.1. The molecule has 2 N–H and O–H groups in total. The van der Waals surface area contributed by atoms with Gasteiger partial charge in [-0.05, 0) is 50.3 Å². The molecule has 104 valence electrons. The Balaban J connectivity index is 2.84. The normalized spacial score (nSPS) is 12.3. The van der Waals surface area contributed by atoms with Gasteiger partial charge in [0.15, 0.2) is 0 Å². The predicted molar refractivity (Wildman–Crippen MR) is 78.0 cm³/mol. The lowest BCUT2D eigenvalue weighted by Gasteiger charge is -2.16. The van der Waals surface area contributed by atoms with E-state index in [0.717, 1.165) is 4.47 Å². The van der Waals surface area contributed by atoms with Crippen molar-refractivity contribution in [2.24, 2.45) is 5.92 Å². The number of pyridine rings is 1. The second-order valence-corrected chi connectivity index (χ2v) is 6.25. The summed E-state index contributed by atoms with van der Waals surface area (Å²) in [7, 11) is 0. The summed E-state index contributed by atoms with van der Waals surface area (Å²) in [6.45, 7) is 3.80. The number of hydrogen-bond acceptors (Lipinski definition) is 3. The van der Waals surface area contributed by atoms with Crippen molar-refractivity contribution in [2.45, 2.75) is 26.3 Å². The number of carboxylic acid groups (broad SMARTS) is 1. The van der Waals surface area contributed by atoms with Crippen molar-refractivity contribution in [3.8, 4) is 0 Å². The summed E-state index contributed by atoms with van der Waals surface area (Å²) < 4.78 is 1.24. The molecule has 19 heavy (non-hydrogen) atoms. The second kappa shape index (κ2) is 7.00. The molecular weight excluding hydrogens is 380 g/mol. The Morgan fingerprint density at radius 3 is 2.53 bits per heavy atom. The van der Waals surface area contributed by atoms with Gasteiger partial charge in [-0.3, -0.25) is 4.79 Å². The molecule has 7 heteroatoms. The van der Waals surface area contributed by atoms with Crippen LogP contribution in [0.4, 0.5) is 0 Å². The molecule has 0 aliphatic carbocycles. The van der Waals surface area contributed by atoms with Crippen LogP contribution in [0.1, 0.15) is 30.8 Å². The van der Waals surface area contributed by atoms with Gasteiger partial charge in [-0.2, -0.15) is 0 Å². The molecule has 5 nitrogen and oxygen atoms in total. The molecule has 1 amide bonds. The molecule has 1 rings (SSSR count). The molecule has 1 aromatic rings. The minimum atomic E-state index is -1.05. The third-order valence-corrected chi connectivity index (χ3v) is 3.37. The summed E-state index contributed by atoms with van der Waals surface area (Å²) in [5, 5.41) is 11.6. The summed E-state index contributed by atoms with van der Waals surface area (Å²) >= 11 is 6.46. The number of rotatable bonds is 5. The number of carboxylic acids is 1. The predicted octanol–water partition coefficient (Wildman–Crippen LogP) is 2.84. The van der Waals surface area contributed by atoms with Crippen molar-refractivity contribution in [3.63, 3.8) is 0 Å². The topological polar surface area (TPSA) is 79.3 Å². The van der Waals surface area contributed by atoms with Gasteiger partial charge in [-0.15, -0.1) is 0 Å². The number of nitrogens with one attached hydrogen (secondary N) is 1. The first-order chi connectivity index (χ1) is 8.81. The van der Waals surface area contributed by atoms with Crippen LogP contribution in [-0.2, 0) is 4.79 Å². The van der Waals surface area contributed by atoms with Gasteiger partial charge in [0, 0.05) is 10.7 Å². The Labute approximate surface area is 128 Å². The van der Waals surface area contributed by atoms with Crippen molar-refractivity contribution < 1.29 is 14.7 Å². The van der Waals surface area contributed by atoms with Crippen LogP contribution in [0.3, 0.4) is 0 Å². The van der Waals surface area contributed by atoms with Gasteiger partial charge < -0.3 is 10.4 Å². The molecule has 0 saturated heterocycles. The number of amides is 1. The van der Waals surface area contributed by atoms with Crippen molar-refractivity contribution in [3.05, 3.63) is 26.9 Å². The van der Waals surface area contributed by atoms with Crippen LogP contribution in [0.2, 0.25) is 0 Å². The Morgan fingerprint density at radius 1 is 1.42 bits per heavy atom. The summed E-state index contributed by atoms with van der Waals surface area (Å²) in [6, 6.07) is 0.769. The third kappa shape index (κ3) is 4.91. The smallest absolute Gasteiger partial charge is 0.326 e. The number of halogens is 2. The molecule has 0 bridgehead atoms. The molecule has 1 atom stereocenters. The molecule has 0 aromatic carbocycles. The minimum absolute atomic E-state index is 0.165. The highest BCUT2D eigenvalue weighted by Crippen LogP contribution is 2.19. The van der Waals surface area contributed by atoms with E-state index in [1.54, 1.807) is 6.07 Å². The zero-order valence-corrected chi connectivity index (χ0v) is 13.7. The fourth-order valence-electron chi connectivity index (χ4n) is 1.50. The van der Waals surface area contributed by atoms with E-state index in [9.17, 15) is 9.59 Å². The maximum absolute atomic E-state index is 12.0. The highest BCUT2D eigenvalue weighted by molar-refractivity contribution is 9.11. The van der Waals surface area contributed by atoms with Gasteiger partial charge in [0.1, 0.15) is 11.7 Å². The van der Waals surface area contributed by atoms with Gasteiger partial charge in [0.25, 0.3) is 5.91 Å². The highest BCUT2D eigenvalue weighted by Gasteiger charge is 2.23. The van der Waals surface area contributed by atoms with Crippen LogP contribution >= 0.6 is 31.9 Å². The van der Waals surface area contributed by atoms with E-state index in [1.807, 2.05) is 13.8 Å². The van der Waals surface area contributed by atoms with E-state index in [0.29, 0.717) is 10.9 Å². The number of aromatic nitrogens is 1. The summed E-state index contributed by atoms with van der Waals surface area (Å²) in [5.41, 5.74) is 0.165. The van der Waals surface area contributed by atoms with Crippen LogP contribution in [0.5, 0.6) is 0 Å². The Hall–Kier alpha value is -0.950. The SMILES string of the molecule is CC(C)C[C@H](NC(=O)c1ncc(Br)cc1Br)C(=O)O. The number of carbonyl (C=O) groups is 2. The highest BCUT2D eigenvalue weighted by atomic mass is 79.9. The molecule has 0 spiro atoms. The van der Waals surface area contributed by atoms with Crippen LogP contribution in [0.15, 0.2) is 21.2 Å². The molecule has 1 aromatic heterocycles. The monoisotopic (exact) mass is 392 g/mol. The first-order valence-corrected chi connectivity index (χ1v) is 7.24. The standard InChI is InChI=1S/C12H14Br2N2O3/c1-6(2)3-9(12(18)19)16-11(17)10-8(14)4-7(13)5-15-10/h4-6,9H,3H2,1-2H3,(H,16,17)(H,18,19)/t9-/m0/s1. The second-order valence-electron chi connectivity index (χ2n) is 4.48. The number of carbonyl (C=O) groups excluding carboxylic acids is 1. The van der Waals surface area contributed by atoms with E-state index >= 15 is 0 Å². The molecule has 0 saturated carbocycles. The molecule has 0 radical (unpaired) electrons. The van der Waals surface area contributed by atoms with Gasteiger partial charge >= 0.3 is 5.97 Å². The van der Waals surface area contributed by atoms with Gasteiger partial charge in [0.05, 0.1) is 4.47 Å². The first-order valence-electron chi connectivity index (χ1n) is 5.66. The van der Waals surface area contributed by atoms with E-state index in [-0.39, 0.29) is 11.6 Å².